The molecule has 3 N–H and O–H groups in total. The molecule has 0 fully saturated rings. The number of nitrogens with two attached hydrogens (primary N) is 1. The van der Waals surface area contributed by atoms with Gasteiger partial charge in [-0.2, -0.15) is 0 Å². The first kappa shape index (κ1) is 16.3. The summed E-state index contributed by atoms with van der Waals surface area (Å²) in [6, 6.07) is 13.0. The summed E-state index contributed by atoms with van der Waals surface area (Å²) in [6.07, 6.45) is 0. The standard InChI is InChI=1S/C14H14Cl2N2O2S/c15-11-6-12(16)8-13(7-11)21(19,20)18-9-14(17)10-4-2-1-3-5-10/h1-8,14,18H,9,17H2. The number of rotatable bonds is 5. The third kappa shape index (κ3) is 4.43. The van der Waals surface area contributed by atoms with Crippen LogP contribution in [0.1, 0.15) is 11.6 Å². The highest BCUT2D eigenvalue weighted by Crippen LogP contribution is 2.22. The Morgan fingerprint density at radius 1 is 1.05 bits per heavy atom. The summed E-state index contributed by atoms with van der Waals surface area (Å²) in [5.74, 6) is 0. The smallest absolute Gasteiger partial charge is 0.240 e. The molecule has 0 saturated heterocycles. The van der Waals surface area contributed by atoms with E-state index < -0.39 is 16.1 Å². The molecule has 0 saturated carbocycles. The number of benzene rings is 2. The fraction of sp³-hybridized carbons (Fsp3) is 0.143. The molecule has 0 spiro atoms. The Kier molecular flexibility index (Phi) is 5.24. The van der Waals surface area contributed by atoms with Crippen LogP contribution in [0, 0.1) is 0 Å². The first-order chi connectivity index (χ1) is 9.88. The van der Waals surface area contributed by atoms with Gasteiger partial charge in [-0.3, -0.25) is 0 Å². The van der Waals surface area contributed by atoms with Crippen LogP contribution in [0.15, 0.2) is 53.4 Å². The molecule has 2 rings (SSSR count). The molecule has 0 aliphatic rings. The molecule has 2 aromatic carbocycles. The maximum Gasteiger partial charge on any atom is 0.240 e. The molecule has 0 radical (unpaired) electrons. The van der Waals surface area contributed by atoms with Gasteiger partial charge in [-0.1, -0.05) is 53.5 Å². The third-order valence-electron chi connectivity index (χ3n) is 2.87. The van der Waals surface area contributed by atoms with Gasteiger partial charge in [0, 0.05) is 22.6 Å². The van der Waals surface area contributed by atoms with Crippen LogP contribution in [0.3, 0.4) is 0 Å². The Labute approximate surface area is 133 Å². The molecule has 0 amide bonds. The molecule has 21 heavy (non-hydrogen) atoms. The third-order valence-corrected chi connectivity index (χ3v) is 4.71. The SMILES string of the molecule is NC(CNS(=O)(=O)c1cc(Cl)cc(Cl)c1)c1ccccc1. The highest BCUT2D eigenvalue weighted by atomic mass is 35.5. The zero-order valence-electron chi connectivity index (χ0n) is 11.0. The predicted molar refractivity (Wildman–Crippen MR) is 85.0 cm³/mol. The fourth-order valence-corrected chi connectivity index (χ4v) is 3.57. The normalized spacial score (nSPS) is 13.1. The maximum atomic E-state index is 12.2. The number of sulfonamides is 1. The van der Waals surface area contributed by atoms with Crippen LogP contribution in [-0.2, 0) is 10.0 Å². The average molecular weight is 345 g/mol. The minimum absolute atomic E-state index is 0.0141. The lowest BCUT2D eigenvalue weighted by atomic mass is 10.1. The van der Waals surface area contributed by atoms with Crippen molar-refractivity contribution < 1.29 is 8.42 Å². The molecule has 0 aliphatic carbocycles. The second-order valence-electron chi connectivity index (χ2n) is 4.47. The van der Waals surface area contributed by atoms with E-state index in [0.717, 1.165) is 5.56 Å². The highest BCUT2D eigenvalue weighted by Gasteiger charge is 2.17. The van der Waals surface area contributed by atoms with E-state index in [1.165, 1.54) is 18.2 Å². The van der Waals surface area contributed by atoms with Crippen molar-refractivity contribution in [3.63, 3.8) is 0 Å². The fourth-order valence-electron chi connectivity index (χ4n) is 1.78. The first-order valence-corrected chi connectivity index (χ1v) is 8.39. The van der Waals surface area contributed by atoms with Gasteiger partial charge < -0.3 is 5.73 Å². The van der Waals surface area contributed by atoms with Crippen molar-refractivity contribution in [2.75, 3.05) is 6.54 Å². The molecule has 0 aromatic heterocycles. The number of hydrogen-bond acceptors (Lipinski definition) is 3. The molecule has 4 nitrogen and oxygen atoms in total. The van der Waals surface area contributed by atoms with Gasteiger partial charge >= 0.3 is 0 Å². The largest absolute Gasteiger partial charge is 0.323 e. The highest BCUT2D eigenvalue weighted by molar-refractivity contribution is 7.89. The minimum atomic E-state index is -3.71. The lowest BCUT2D eigenvalue weighted by Crippen LogP contribution is -2.32. The quantitative estimate of drug-likeness (QED) is 0.875. The second kappa shape index (κ2) is 6.77. The first-order valence-electron chi connectivity index (χ1n) is 6.15. The van der Waals surface area contributed by atoms with Crippen molar-refractivity contribution in [1.29, 1.82) is 0 Å². The van der Waals surface area contributed by atoms with E-state index in [-0.39, 0.29) is 21.5 Å². The number of hydrogen-bond donors (Lipinski definition) is 2. The summed E-state index contributed by atoms with van der Waals surface area (Å²) in [7, 11) is -3.71. The molecule has 0 bridgehead atoms. The molecule has 7 heteroatoms. The van der Waals surface area contributed by atoms with Gasteiger partial charge in [-0.15, -0.1) is 0 Å². The molecule has 0 heterocycles. The van der Waals surface area contributed by atoms with Crippen LogP contribution in [0.25, 0.3) is 0 Å². The van der Waals surface area contributed by atoms with Crippen molar-refractivity contribution in [3.8, 4) is 0 Å². The van der Waals surface area contributed by atoms with Crippen LogP contribution in [-0.4, -0.2) is 15.0 Å². The second-order valence-corrected chi connectivity index (χ2v) is 7.11. The van der Waals surface area contributed by atoms with Gasteiger partial charge in [-0.05, 0) is 23.8 Å². The van der Waals surface area contributed by atoms with Crippen LogP contribution in [0.4, 0.5) is 0 Å². The van der Waals surface area contributed by atoms with E-state index in [9.17, 15) is 8.42 Å². The van der Waals surface area contributed by atoms with E-state index in [2.05, 4.69) is 4.72 Å². The van der Waals surface area contributed by atoms with Crippen LogP contribution in [0.2, 0.25) is 10.0 Å². The van der Waals surface area contributed by atoms with E-state index in [1.54, 1.807) is 0 Å². The topological polar surface area (TPSA) is 72.2 Å². The van der Waals surface area contributed by atoms with Crippen molar-refractivity contribution in [2.45, 2.75) is 10.9 Å². The van der Waals surface area contributed by atoms with Crippen LogP contribution < -0.4 is 10.5 Å². The summed E-state index contributed by atoms with van der Waals surface area (Å²) in [6.45, 7) is 0.0798. The summed E-state index contributed by atoms with van der Waals surface area (Å²) in [5.41, 5.74) is 6.81. The van der Waals surface area contributed by atoms with Crippen molar-refractivity contribution >= 4 is 33.2 Å². The number of nitrogens with one attached hydrogen (secondary N) is 1. The van der Waals surface area contributed by atoms with Crippen LogP contribution in [0.5, 0.6) is 0 Å². The van der Waals surface area contributed by atoms with Gasteiger partial charge in [0.05, 0.1) is 4.90 Å². The van der Waals surface area contributed by atoms with E-state index in [4.69, 9.17) is 28.9 Å². The molecule has 0 aliphatic heterocycles. The number of halogens is 2. The average Bonchev–Trinajstić information content (AvgIpc) is 2.45. The molecule has 1 atom stereocenters. The van der Waals surface area contributed by atoms with Crippen LogP contribution >= 0.6 is 23.2 Å². The van der Waals surface area contributed by atoms with Gasteiger partial charge in [0.1, 0.15) is 0 Å². The zero-order valence-corrected chi connectivity index (χ0v) is 13.3. The van der Waals surface area contributed by atoms with E-state index in [1.807, 2.05) is 30.3 Å². The van der Waals surface area contributed by atoms with Gasteiger partial charge in [0.2, 0.25) is 10.0 Å². The molecular formula is C14H14Cl2N2O2S. The van der Waals surface area contributed by atoms with Crippen molar-refractivity contribution in [3.05, 3.63) is 64.1 Å². The summed E-state index contributed by atoms with van der Waals surface area (Å²) >= 11 is 11.6. The molecule has 2 aromatic rings. The molecule has 112 valence electrons. The summed E-state index contributed by atoms with van der Waals surface area (Å²) in [4.78, 5) is 0.0141. The lowest BCUT2D eigenvalue weighted by molar-refractivity contribution is 0.572. The maximum absolute atomic E-state index is 12.2. The minimum Gasteiger partial charge on any atom is -0.323 e. The Balaban J connectivity index is 2.11. The van der Waals surface area contributed by atoms with E-state index >= 15 is 0 Å². The molecular weight excluding hydrogens is 331 g/mol. The monoisotopic (exact) mass is 344 g/mol. The van der Waals surface area contributed by atoms with Gasteiger partial charge in [0.25, 0.3) is 0 Å². The Morgan fingerprint density at radius 2 is 1.62 bits per heavy atom. The van der Waals surface area contributed by atoms with Crippen molar-refractivity contribution in [1.82, 2.24) is 4.72 Å². The van der Waals surface area contributed by atoms with Gasteiger partial charge in [0.15, 0.2) is 0 Å². The predicted octanol–water partition coefficient (Wildman–Crippen LogP) is 2.97. The lowest BCUT2D eigenvalue weighted by Gasteiger charge is -2.13. The van der Waals surface area contributed by atoms with Crippen molar-refractivity contribution in [2.24, 2.45) is 5.73 Å². The summed E-state index contributed by atoms with van der Waals surface area (Å²) in [5, 5.41) is 0.519. The van der Waals surface area contributed by atoms with E-state index in [0.29, 0.717) is 0 Å². The summed E-state index contributed by atoms with van der Waals surface area (Å²) < 4.78 is 26.8. The zero-order chi connectivity index (χ0) is 15.5. The Morgan fingerprint density at radius 3 is 2.19 bits per heavy atom. The molecule has 1 unspecified atom stereocenters. The Hall–Kier alpha value is -1.11. The Bertz CT molecular complexity index is 701. The van der Waals surface area contributed by atoms with Gasteiger partial charge in [-0.25, -0.2) is 13.1 Å².